The molecule has 7 nitrogen and oxygen atoms in total. The van der Waals surface area contributed by atoms with E-state index in [1.165, 1.54) is 10.8 Å². The van der Waals surface area contributed by atoms with Gasteiger partial charge in [0.1, 0.15) is 12.1 Å². The van der Waals surface area contributed by atoms with Crippen LogP contribution in [0, 0.1) is 6.92 Å². The number of carbonyl (C=O) groups is 1. The Labute approximate surface area is 133 Å². The van der Waals surface area contributed by atoms with Crippen LogP contribution in [0.5, 0.6) is 0 Å². The Morgan fingerprint density at radius 3 is 2.95 bits per heavy atom. The van der Waals surface area contributed by atoms with Gasteiger partial charge in [0.25, 0.3) is 5.78 Å². The number of hydrogen-bond donors (Lipinski definition) is 2. The van der Waals surface area contributed by atoms with Gasteiger partial charge in [-0.05, 0) is 40.5 Å². The van der Waals surface area contributed by atoms with E-state index in [1.807, 2.05) is 13.0 Å². The Hall–Kier alpha value is -2.48. The average Bonchev–Trinajstić information content (AvgIpc) is 2.93. The molecule has 0 fully saturated rings. The Morgan fingerprint density at radius 1 is 1.45 bits per heavy atom. The van der Waals surface area contributed by atoms with Crippen molar-refractivity contribution < 1.29 is 9.90 Å². The first-order chi connectivity index (χ1) is 10.5. The number of nitrogens with two attached hydrogens (primary N) is 1. The van der Waals surface area contributed by atoms with Gasteiger partial charge in [-0.1, -0.05) is 6.07 Å². The molecule has 3 rings (SSSR count). The average molecular weight is 362 g/mol. The van der Waals surface area contributed by atoms with Crippen LogP contribution in [0.15, 0.2) is 29.0 Å². The molecule has 0 unspecified atom stereocenters. The first kappa shape index (κ1) is 14.5. The summed E-state index contributed by atoms with van der Waals surface area (Å²) < 4.78 is 2.01. The Balaban J connectivity index is 2.06. The molecule has 2 heterocycles. The lowest BCUT2D eigenvalue weighted by molar-refractivity contribution is 0.0696. The molecule has 0 radical (unpaired) electrons. The van der Waals surface area contributed by atoms with Crippen molar-refractivity contribution >= 4 is 33.5 Å². The number of aromatic carboxylic acids is 1. The number of aromatic nitrogens is 4. The fraction of sp³-hybridized carbons (Fsp3) is 0.143. The number of nitrogens with zero attached hydrogens (tertiary/aromatic N) is 4. The molecule has 0 aliphatic carbocycles. The van der Waals surface area contributed by atoms with Crippen LogP contribution in [0.4, 0.5) is 5.82 Å². The maximum Gasteiger partial charge on any atom is 0.336 e. The van der Waals surface area contributed by atoms with Gasteiger partial charge in [-0.3, -0.25) is 0 Å². The summed E-state index contributed by atoms with van der Waals surface area (Å²) in [5.41, 5.74) is 8.73. The lowest BCUT2D eigenvalue weighted by Gasteiger charge is -2.11. The number of halogens is 1. The monoisotopic (exact) mass is 361 g/mol. The standard InChI is InChI=1S/C14H12BrN5O2/c1-7-9(12(16)20-14(19-7)17-6-18-20)4-8-2-3-11(15)10(5-8)13(21)22/h2-3,5-6H,4,16H2,1H3,(H,21,22). The quantitative estimate of drug-likeness (QED) is 0.739. The fourth-order valence-electron chi connectivity index (χ4n) is 2.28. The molecule has 112 valence electrons. The summed E-state index contributed by atoms with van der Waals surface area (Å²) in [4.78, 5) is 19.6. The van der Waals surface area contributed by atoms with Crippen molar-refractivity contribution in [2.75, 3.05) is 5.73 Å². The summed E-state index contributed by atoms with van der Waals surface area (Å²) in [7, 11) is 0. The van der Waals surface area contributed by atoms with Gasteiger partial charge < -0.3 is 10.8 Å². The van der Waals surface area contributed by atoms with E-state index in [0.29, 0.717) is 22.5 Å². The first-order valence-corrected chi connectivity index (χ1v) is 7.23. The molecule has 8 heteroatoms. The molecule has 1 aromatic carbocycles. The summed E-state index contributed by atoms with van der Waals surface area (Å²) >= 11 is 3.23. The summed E-state index contributed by atoms with van der Waals surface area (Å²) in [6.07, 6.45) is 1.86. The van der Waals surface area contributed by atoms with E-state index in [0.717, 1.165) is 16.8 Å². The van der Waals surface area contributed by atoms with Crippen molar-refractivity contribution in [3.8, 4) is 0 Å². The topological polar surface area (TPSA) is 106 Å². The molecule has 0 saturated carbocycles. The zero-order chi connectivity index (χ0) is 15.9. The van der Waals surface area contributed by atoms with Crippen molar-refractivity contribution in [1.29, 1.82) is 0 Å². The van der Waals surface area contributed by atoms with E-state index >= 15 is 0 Å². The molecule has 0 spiro atoms. The highest BCUT2D eigenvalue weighted by Crippen LogP contribution is 2.23. The van der Waals surface area contributed by atoms with Crippen LogP contribution in [0.3, 0.4) is 0 Å². The summed E-state index contributed by atoms with van der Waals surface area (Å²) in [5.74, 6) is -0.0798. The van der Waals surface area contributed by atoms with Crippen molar-refractivity contribution in [3.05, 3.63) is 51.4 Å². The summed E-state index contributed by atoms with van der Waals surface area (Å²) in [5, 5.41) is 13.2. The van der Waals surface area contributed by atoms with Crippen molar-refractivity contribution in [3.63, 3.8) is 0 Å². The number of carboxylic acids is 1. The minimum absolute atomic E-state index is 0.212. The minimum Gasteiger partial charge on any atom is -0.478 e. The molecule has 0 aliphatic heterocycles. The van der Waals surface area contributed by atoms with Crippen LogP contribution in [0.25, 0.3) is 5.78 Å². The predicted molar refractivity (Wildman–Crippen MR) is 83.8 cm³/mol. The Kier molecular flexibility index (Phi) is 3.53. The SMILES string of the molecule is Cc1nc2ncnn2c(N)c1Cc1ccc(Br)c(C(=O)O)c1. The lowest BCUT2D eigenvalue weighted by Crippen LogP contribution is -2.09. The van der Waals surface area contributed by atoms with Crippen molar-refractivity contribution in [2.45, 2.75) is 13.3 Å². The fourth-order valence-corrected chi connectivity index (χ4v) is 2.70. The molecule has 0 amide bonds. The van der Waals surface area contributed by atoms with Gasteiger partial charge in [-0.15, -0.1) is 0 Å². The second-order valence-electron chi connectivity index (χ2n) is 4.83. The van der Waals surface area contributed by atoms with Gasteiger partial charge in [0.2, 0.25) is 0 Å². The predicted octanol–water partition coefficient (Wildman–Crippen LogP) is 2.07. The van der Waals surface area contributed by atoms with E-state index in [9.17, 15) is 9.90 Å². The third kappa shape index (κ3) is 2.41. The van der Waals surface area contributed by atoms with Crippen LogP contribution in [0.2, 0.25) is 0 Å². The third-order valence-corrected chi connectivity index (χ3v) is 4.11. The molecular formula is C14H12BrN5O2. The van der Waals surface area contributed by atoms with Gasteiger partial charge in [0, 0.05) is 22.2 Å². The molecule has 0 aliphatic rings. The van der Waals surface area contributed by atoms with Crippen LogP contribution >= 0.6 is 15.9 Å². The largest absolute Gasteiger partial charge is 0.478 e. The smallest absolute Gasteiger partial charge is 0.336 e. The number of benzene rings is 1. The molecular weight excluding hydrogens is 350 g/mol. The normalized spacial score (nSPS) is 11.0. The molecule has 0 saturated heterocycles. The highest BCUT2D eigenvalue weighted by Gasteiger charge is 2.14. The van der Waals surface area contributed by atoms with Crippen molar-refractivity contribution in [1.82, 2.24) is 19.6 Å². The first-order valence-electron chi connectivity index (χ1n) is 6.43. The number of aryl methyl sites for hydroxylation is 1. The molecule has 0 bridgehead atoms. The van der Waals surface area contributed by atoms with E-state index in [2.05, 4.69) is 31.0 Å². The third-order valence-electron chi connectivity index (χ3n) is 3.41. The highest BCUT2D eigenvalue weighted by atomic mass is 79.9. The minimum atomic E-state index is -0.983. The van der Waals surface area contributed by atoms with Gasteiger partial charge in [0.05, 0.1) is 5.56 Å². The number of carboxylic acid groups (broad SMARTS) is 1. The zero-order valence-electron chi connectivity index (χ0n) is 11.6. The molecule has 3 N–H and O–H groups in total. The molecule has 2 aromatic heterocycles. The number of nitrogen functional groups attached to an aromatic ring is 1. The molecule has 0 atom stereocenters. The van der Waals surface area contributed by atoms with Crippen molar-refractivity contribution in [2.24, 2.45) is 0 Å². The summed E-state index contributed by atoms with van der Waals surface area (Å²) in [6.45, 7) is 1.84. The van der Waals surface area contributed by atoms with E-state index in [1.54, 1.807) is 12.1 Å². The molecule has 22 heavy (non-hydrogen) atoms. The second kappa shape index (κ2) is 5.38. The summed E-state index contributed by atoms with van der Waals surface area (Å²) in [6, 6.07) is 5.18. The van der Waals surface area contributed by atoms with E-state index in [4.69, 9.17) is 5.73 Å². The van der Waals surface area contributed by atoms with Crippen LogP contribution in [-0.2, 0) is 6.42 Å². The van der Waals surface area contributed by atoms with Gasteiger partial charge in [-0.25, -0.2) is 9.78 Å². The second-order valence-corrected chi connectivity index (χ2v) is 5.68. The van der Waals surface area contributed by atoms with Gasteiger partial charge in [0.15, 0.2) is 0 Å². The molecule has 3 aromatic rings. The number of fused-ring (bicyclic) bond motifs is 1. The Morgan fingerprint density at radius 2 is 2.23 bits per heavy atom. The lowest BCUT2D eigenvalue weighted by atomic mass is 10.0. The van der Waals surface area contributed by atoms with E-state index in [-0.39, 0.29) is 5.56 Å². The highest BCUT2D eigenvalue weighted by molar-refractivity contribution is 9.10. The zero-order valence-corrected chi connectivity index (χ0v) is 13.2. The number of rotatable bonds is 3. The maximum atomic E-state index is 11.2. The van der Waals surface area contributed by atoms with E-state index < -0.39 is 5.97 Å². The van der Waals surface area contributed by atoms with Gasteiger partial charge >= 0.3 is 5.97 Å². The number of anilines is 1. The van der Waals surface area contributed by atoms with Crippen LogP contribution in [-0.4, -0.2) is 30.7 Å². The number of hydrogen-bond acceptors (Lipinski definition) is 5. The maximum absolute atomic E-state index is 11.2. The van der Waals surface area contributed by atoms with Crippen LogP contribution in [0.1, 0.15) is 27.2 Å². The Bertz CT molecular complexity index is 890. The van der Waals surface area contributed by atoms with Crippen LogP contribution < -0.4 is 5.73 Å². The van der Waals surface area contributed by atoms with Gasteiger partial charge in [-0.2, -0.15) is 14.6 Å².